The normalized spacial score (nSPS) is 25.3. The van der Waals surface area contributed by atoms with Crippen LogP contribution in [0.15, 0.2) is 0 Å². The second kappa shape index (κ2) is 2.84. The molecule has 0 atom stereocenters. The number of rotatable bonds is 0. The van der Waals surface area contributed by atoms with Crippen molar-refractivity contribution < 1.29 is 0 Å². The highest BCUT2D eigenvalue weighted by atomic mass is 127. The standard InChI is InChI=1S/C4H9IN2/c5-4-6-2-1-3-7-4/h4,6-7H,1-3H2. The number of halogens is 1. The van der Waals surface area contributed by atoms with E-state index in [1.54, 1.807) is 0 Å². The summed E-state index contributed by atoms with van der Waals surface area (Å²) in [6.07, 6.45) is 1.26. The predicted octanol–water partition coefficient (Wildman–Crippen LogP) is 0.288. The van der Waals surface area contributed by atoms with E-state index < -0.39 is 0 Å². The van der Waals surface area contributed by atoms with Gasteiger partial charge in [-0.15, -0.1) is 0 Å². The summed E-state index contributed by atoms with van der Waals surface area (Å²) in [6, 6.07) is 0. The van der Waals surface area contributed by atoms with Crippen LogP contribution in [-0.4, -0.2) is 17.3 Å². The molecule has 1 saturated heterocycles. The highest BCUT2D eigenvalue weighted by molar-refractivity contribution is 14.1. The van der Waals surface area contributed by atoms with Crippen LogP contribution in [-0.2, 0) is 0 Å². The molecule has 3 heteroatoms. The number of hydrogen-bond donors (Lipinski definition) is 2. The molecule has 0 bridgehead atoms. The molecule has 0 spiro atoms. The molecule has 2 nitrogen and oxygen atoms in total. The average Bonchev–Trinajstić information content (AvgIpc) is 1.69. The third-order valence-corrected chi connectivity index (χ3v) is 1.88. The first-order valence-corrected chi connectivity index (χ1v) is 3.75. The molecule has 2 N–H and O–H groups in total. The van der Waals surface area contributed by atoms with Crippen LogP contribution in [0.3, 0.4) is 0 Å². The van der Waals surface area contributed by atoms with Crippen molar-refractivity contribution in [2.75, 3.05) is 13.1 Å². The van der Waals surface area contributed by atoms with Crippen molar-refractivity contribution in [1.29, 1.82) is 0 Å². The van der Waals surface area contributed by atoms with Gasteiger partial charge < -0.3 is 0 Å². The molecule has 42 valence electrons. The molecule has 0 saturated carbocycles. The van der Waals surface area contributed by atoms with Gasteiger partial charge >= 0.3 is 0 Å². The van der Waals surface area contributed by atoms with Crippen LogP contribution in [0, 0.1) is 0 Å². The van der Waals surface area contributed by atoms with Crippen molar-refractivity contribution in [2.24, 2.45) is 0 Å². The SMILES string of the molecule is IC1NCCCN1. The summed E-state index contributed by atoms with van der Waals surface area (Å²) in [5.74, 6) is 0. The van der Waals surface area contributed by atoms with Crippen LogP contribution in [0.2, 0.25) is 0 Å². The van der Waals surface area contributed by atoms with E-state index in [2.05, 4.69) is 33.2 Å². The van der Waals surface area contributed by atoms with Crippen molar-refractivity contribution in [3.05, 3.63) is 0 Å². The summed E-state index contributed by atoms with van der Waals surface area (Å²) >= 11 is 2.33. The summed E-state index contributed by atoms with van der Waals surface area (Å²) in [7, 11) is 0. The molecule has 0 aliphatic carbocycles. The topological polar surface area (TPSA) is 24.1 Å². The van der Waals surface area contributed by atoms with E-state index in [4.69, 9.17) is 0 Å². The fourth-order valence-electron chi connectivity index (χ4n) is 0.618. The van der Waals surface area contributed by atoms with E-state index in [1.807, 2.05) is 0 Å². The first-order chi connectivity index (χ1) is 3.39. The third kappa shape index (κ3) is 1.92. The molecular weight excluding hydrogens is 203 g/mol. The van der Waals surface area contributed by atoms with Crippen LogP contribution in [0.5, 0.6) is 0 Å². The van der Waals surface area contributed by atoms with Crippen LogP contribution < -0.4 is 10.6 Å². The zero-order valence-corrected chi connectivity index (χ0v) is 6.23. The lowest BCUT2D eigenvalue weighted by Crippen LogP contribution is -2.43. The monoisotopic (exact) mass is 212 g/mol. The average molecular weight is 212 g/mol. The Balaban J connectivity index is 2.12. The molecule has 7 heavy (non-hydrogen) atoms. The minimum absolute atomic E-state index is 0.506. The Morgan fingerprint density at radius 2 is 1.86 bits per heavy atom. The van der Waals surface area contributed by atoms with Crippen LogP contribution in [0.1, 0.15) is 6.42 Å². The highest BCUT2D eigenvalue weighted by Crippen LogP contribution is 1.94. The minimum Gasteiger partial charge on any atom is -0.294 e. The minimum atomic E-state index is 0.506. The van der Waals surface area contributed by atoms with Gasteiger partial charge in [0.15, 0.2) is 0 Å². The first-order valence-electron chi connectivity index (χ1n) is 2.50. The molecule has 1 aliphatic heterocycles. The fourth-order valence-corrected chi connectivity index (χ4v) is 1.24. The number of nitrogens with one attached hydrogen (secondary N) is 2. The molecule has 0 aromatic carbocycles. The molecule has 1 heterocycles. The largest absolute Gasteiger partial charge is 0.294 e. The Morgan fingerprint density at radius 1 is 1.29 bits per heavy atom. The molecule has 0 radical (unpaired) electrons. The quantitative estimate of drug-likeness (QED) is 0.342. The number of hydrogen-bond acceptors (Lipinski definition) is 2. The van der Waals surface area contributed by atoms with Crippen molar-refractivity contribution >= 4 is 22.6 Å². The van der Waals surface area contributed by atoms with Gasteiger partial charge in [-0.25, -0.2) is 0 Å². The number of alkyl halides is 1. The van der Waals surface area contributed by atoms with Crippen LogP contribution in [0.25, 0.3) is 0 Å². The lowest BCUT2D eigenvalue weighted by atomic mass is 10.4. The van der Waals surface area contributed by atoms with Crippen LogP contribution in [0.4, 0.5) is 0 Å². The summed E-state index contributed by atoms with van der Waals surface area (Å²) in [5, 5.41) is 6.52. The molecule has 0 unspecified atom stereocenters. The molecule has 1 rings (SSSR count). The van der Waals surface area contributed by atoms with Crippen molar-refractivity contribution in [1.82, 2.24) is 10.6 Å². The summed E-state index contributed by atoms with van der Waals surface area (Å²) in [6.45, 7) is 2.33. The fraction of sp³-hybridized carbons (Fsp3) is 1.00. The summed E-state index contributed by atoms with van der Waals surface area (Å²) in [4.78, 5) is 0. The van der Waals surface area contributed by atoms with E-state index in [-0.39, 0.29) is 0 Å². The molecule has 1 aliphatic rings. The Hall–Kier alpha value is 0.650. The summed E-state index contributed by atoms with van der Waals surface area (Å²) < 4.78 is 0.506. The second-order valence-corrected chi connectivity index (χ2v) is 2.87. The lowest BCUT2D eigenvalue weighted by molar-refractivity contribution is 0.479. The van der Waals surface area contributed by atoms with Crippen molar-refractivity contribution in [3.63, 3.8) is 0 Å². The maximum Gasteiger partial charge on any atom is 0.111 e. The van der Waals surface area contributed by atoms with Gasteiger partial charge in [0.25, 0.3) is 0 Å². The maximum absolute atomic E-state index is 3.26. The molecule has 1 fully saturated rings. The van der Waals surface area contributed by atoms with Crippen LogP contribution >= 0.6 is 22.6 Å². The zero-order valence-electron chi connectivity index (χ0n) is 4.08. The Kier molecular flexibility index (Phi) is 2.34. The van der Waals surface area contributed by atoms with Gasteiger partial charge in [-0.1, -0.05) is 0 Å². The lowest BCUT2D eigenvalue weighted by Gasteiger charge is -2.18. The molecule has 0 aromatic rings. The molecule has 0 aromatic heterocycles. The van der Waals surface area contributed by atoms with Gasteiger partial charge in [-0.3, -0.25) is 10.6 Å². The molecule has 0 amide bonds. The highest BCUT2D eigenvalue weighted by Gasteiger charge is 2.04. The van der Waals surface area contributed by atoms with Crippen molar-refractivity contribution in [3.8, 4) is 0 Å². The zero-order chi connectivity index (χ0) is 5.11. The van der Waals surface area contributed by atoms with Gasteiger partial charge in [-0.05, 0) is 42.1 Å². The first kappa shape index (κ1) is 5.78. The van der Waals surface area contributed by atoms with Gasteiger partial charge in [0.2, 0.25) is 0 Å². The smallest absolute Gasteiger partial charge is 0.111 e. The van der Waals surface area contributed by atoms with Gasteiger partial charge in [0, 0.05) is 0 Å². The Labute approximate surface area is 57.2 Å². The molecular formula is C4H9IN2. The Morgan fingerprint density at radius 3 is 2.14 bits per heavy atom. The van der Waals surface area contributed by atoms with Gasteiger partial charge in [0.05, 0.1) is 0 Å². The van der Waals surface area contributed by atoms with Crippen molar-refractivity contribution in [2.45, 2.75) is 10.6 Å². The maximum atomic E-state index is 3.26. The van der Waals surface area contributed by atoms with E-state index >= 15 is 0 Å². The Bertz CT molecular complexity index is 51.7. The third-order valence-electron chi connectivity index (χ3n) is 1.00. The van der Waals surface area contributed by atoms with Gasteiger partial charge in [0.1, 0.15) is 4.17 Å². The predicted molar refractivity (Wildman–Crippen MR) is 38.4 cm³/mol. The van der Waals surface area contributed by atoms with Gasteiger partial charge in [-0.2, -0.15) is 0 Å². The van der Waals surface area contributed by atoms with E-state index in [9.17, 15) is 0 Å². The van der Waals surface area contributed by atoms with E-state index in [1.165, 1.54) is 19.5 Å². The summed E-state index contributed by atoms with van der Waals surface area (Å²) in [5.41, 5.74) is 0. The van der Waals surface area contributed by atoms with E-state index in [0.717, 1.165) is 0 Å². The van der Waals surface area contributed by atoms with E-state index in [0.29, 0.717) is 4.17 Å². The second-order valence-electron chi connectivity index (χ2n) is 1.62.